The molecule has 76 heavy (non-hydrogen) atoms. The van der Waals surface area contributed by atoms with Crippen molar-refractivity contribution in [3.8, 4) is 0 Å². The van der Waals surface area contributed by atoms with Crippen LogP contribution in [0.4, 0.5) is 16.4 Å². The van der Waals surface area contributed by atoms with Crippen molar-refractivity contribution in [2.75, 3.05) is 44.3 Å². The molecule has 3 radical (unpaired) electrons. The smallest absolute Gasteiger partial charge is 0.793 e. The van der Waals surface area contributed by atoms with Gasteiger partial charge in [-0.2, -0.15) is 4.90 Å². The standard InChI is InChI=1S/C11H17N3.C11H9NO4.C7H7Br2N.C7H9N.C6H8N2.C5H11N.C4H6O4.C2H3BO2.Na/c12-11-10(5-4-6-13-11)9-14-7-2-1-3-8-14;1-2-16-11(15)12-9(13)7-5-3-4-6-8(7)10(12)14;1-5-6(7(8)9)3-2-4-10-5;1-6-4-3-5-8-7(6)2;1-5-3-2-4-8-6(5)7;1-2-4-6-5-3-1;1-3(5)7-8-4(2)6;1-2(4)5-3;/h4-6H,1-3,7-9H2,(H2,12,13);3-6H,2H2,1H3;2-4,7H,1H3;3-5H,1-2H3;2-4H,1H3,(H2,7,8);6H,1-5H2;1-2H3;1H3;/q;;;;;;;-1;+1. The van der Waals surface area contributed by atoms with Crippen molar-refractivity contribution in [1.82, 2.24) is 35.1 Å². The molecule has 0 atom stereocenters. The minimum absolute atomic E-state index is 0. The average Bonchev–Trinajstić information content (AvgIpc) is 3.66. The molecule has 3 aliphatic heterocycles. The van der Waals surface area contributed by atoms with E-state index in [-0.39, 0.29) is 51.0 Å². The Bertz CT molecular complexity index is 2380. The third-order valence-corrected chi connectivity index (χ3v) is 11.3. The van der Waals surface area contributed by atoms with Crippen molar-refractivity contribution in [1.29, 1.82) is 0 Å². The van der Waals surface area contributed by atoms with Gasteiger partial charge in [0.1, 0.15) is 11.6 Å². The number of amides is 3. The largest absolute Gasteiger partial charge is 1.00 e. The Labute approximate surface area is 487 Å². The van der Waals surface area contributed by atoms with Crippen LogP contribution in [0.2, 0.25) is 0 Å². The Hall–Kier alpha value is -5.62. The molecular formula is C53H70BBr2N9NaO10. The number of pyridine rings is 4. The van der Waals surface area contributed by atoms with Gasteiger partial charge in [0.15, 0.2) is 0 Å². The van der Waals surface area contributed by atoms with Gasteiger partial charge < -0.3 is 34.2 Å². The SMILES string of the molecule is C1CCNCC1.CC(=O)OOC(C)=O.CCOC(=O)N1C(=O)c2ccccc2C1=O.Cc1cccnc1C.Cc1cccnc1N.Cc1ncccc1C(Br)Br.Nc1ncccc1CN1CCCCC1.[B-]OC(C)=O.[Na+]. The summed E-state index contributed by atoms with van der Waals surface area (Å²) >= 11 is 6.82. The molecule has 0 aliphatic carbocycles. The van der Waals surface area contributed by atoms with Crippen LogP contribution < -0.4 is 46.3 Å². The zero-order valence-corrected chi connectivity index (χ0v) is 50.2. The molecule has 5 aromatic rings. The van der Waals surface area contributed by atoms with E-state index in [0.29, 0.717) is 16.5 Å². The van der Waals surface area contributed by atoms with Gasteiger partial charge in [-0.25, -0.2) is 34.1 Å². The van der Waals surface area contributed by atoms with Gasteiger partial charge in [0.2, 0.25) is 5.97 Å². The fourth-order valence-electron chi connectivity index (χ4n) is 6.19. The normalized spacial score (nSPS) is 12.8. The maximum absolute atomic E-state index is 11.7. The van der Waals surface area contributed by atoms with Crippen LogP contribution in [0.1, 0.15) is 124 Å². The van der Waals surface area contributed by atoms with Crippen LogP contribution in [0, 0.1) is 27.7 Å². The molecule has 0 unspecified atom stereocenters. The van der Waals surface area contributed by atoms with Gasteiger partial charge in [-0.15, -0.1) is 0 Å². The fourth-order valence-corrected chi connectivity index (χ4v) is 7.16. The first-order chi connectivity index (χ1) is 35.7. The van der Waals surface area contributed by atoms with E-state index in [1.807, 2.05) is 63.4 Å². The van der Waals surface area contributed by atoms with Gasteiger partial charge in [-0.05, 0) is 140 Å². The summed E-state index contributed by atoms with van der Waals surface area (Å²) in [5, 5.41) is 3.28. The number of imide groups is 3. The van der Waals surface area contributed by atoms with Crippen LogP contribution in [0.5, 0.6) is 0 Å². The van der Waals surface area contributed by atoms with Gasteiger partial charge in [0, 0.05) is 69.1 Å². The van der Waals surface area contributed by atoms with Crippen molar-refractivity contribution in [3.05, 3.63) is 142 Å². The van der Waals surface area contributed by atoms with Crippen molar-refractivity contribution in [2.45, 2.75) is 104 Å². The quantitative estimate of drug-likeness (QED) is 0.0581. The van der Waals surface area contributed by atoms with Crippen LogP contribution >= 0.6 is 31.9 Å². The Balaban J connectivity index is 0.000000868. The molecule has 3 amide bonds. The number of benzene rings is 1. The molecule has 3 aliphatic rings. The summed E-state index contributed by atoms with van der Waals surface area (Å²) in [6.07, 6.45) is 14.3. The molecule has 0 bridgehead atoms. The van der Waals surface area contributed by atoms with Gasteiger partial charge in [-0.1, -0.05) is 81.1 Å². The van der Waals surface area contributed by atoms with Crippen LogP contribution in [0.25, 0.3) is 0 Å². The Morgan fingerprint density at radius 1 is 0.645 bits per heavy atom. The monoisotopic (exact) mass is 1180 g/mol. The summed E-state index contributed by atoms with van der Waals surface area (Å²) in [5.74, 6) is -1.70. The molecular weight excluding hydrogens is 1120 g/mol. The number of ether oxygens (including phenoxy) is 1. The number of hydrogen-bond donors (Lipinski definition) is 3. The van der Waals surface area contributed by atoms with Crippen molar-refractivity contribution in [2.24, 2.45) is 0 Å². The average molecular weight is 1190 g/mol. The second-order valence-corrected chi connectivity index (χ2v) is 19.3. The molecule has 1 aromatic carbocycles. The van der Waals surface area contributed by atoms with E-state index in [9.17, 15) is 28.8 Å². The summed E-state index contributed by atoms with van der Waals surface area (Å²) in [6.45, 7) is 19.1. The maximum Gasteiger partial charge on any atom is 1.00 e. The molecule has 0 spiro atoms. The molecule has 405 valence electrons. The molecule has 4 aromatic heterocycles. The first-order valence-corrected chi connectivity index (χ1v) is 25.8. The molecule has 19 nitrogen and oxygen atoms in total. The number of nitrogens with one attached hydrogen (secondary N) is 1. The number of carbonyl (C=O) groups is 6. The molecule has 5 N–H and O–H groups in total. The number of nitrogen functional groups attached to an aromatic ring is 2. The number of nitrogens with two attached hydrogens (primary N) is 2. The number of halogens is 2. The molecule has 0 saturated carbocycles. The number of aromatic nitrogens is 4. The number of fused-ring (bicyclic) bond motifs is 1. The predicted molar refractivity (Wildman–Crippen MR) is 296 cm³/mol. The second kappa shape index (κ2) is 41.5. The van der Waals surface area contributed by atoms with Crippen LogP contribution in [0.15, 0.2) is 97.6 Å². The minimum atomic E-state index is -0.922. The zero-order chi connectivity index (χ0) is 56.1. The predicted octanol–water partition coefficient (Wildman–Crippen LogP) is 6.36. The third-order valence-electron chi connectivity index (χ3n) is 10.3. The van der Waals surface area contributed by atoms with E-state index in [2.05, 4.69) is 108 Å². The summed E-state index contributed by atoms with van der Waals surface area (Å²) in [5.41, 5.74) is 18.5. The second-order valence-electron chi connectivity index (χ2n) is 16.2. The summed E-state index contributed by atoms with van der Waals surface area (Å²) in [6, 6.07) is 22.1. The molecule has 2 saturated heterocycles. The number of aryl methyl sites for hydroxylation is 4. The van der Waals surface area contributed by atoms with Crippen molar-refractivity contribution >= 4 is 87.4 Å². The maximum atomic E-state index is 11.7. The van der Waals surface area contributed by atoms with Crippen molar-refractivity contribution < 1.29 is 77.5 Å². The molecule has 8 rings (SSSR count). The number of alkyl halides is 2. The van der Waals surface area contributed by atoms with Gasteiger partial charge in [0.25, 0.3) is 11.8 Å². The topological polar surface area (TPSA) is 261 Å². The molecule has 23 heteroatoms. The van der Waals surface area contributed by atoms with Crippen molar-refractivity contribution in [3.63, 3.8) is 0 Å². The van der Waals surface area contributed by atoms with Crippen LogP contribution in [0.3, 0.4) is 0 Å². The summed E-state index contributed by atoms with van der Waals surface area (Å²) < 4.78 is 8.47. The number of rotatable bonds is 4. The van der Waals surface area contributed by atoms with Gasteiger partial charge in [0.05, 0.1) is 21.5 Å². The number of hydrogen-bond acceptors (Lipinski definition) is 18. The molecule has 2 fully saturated rings. The fraction of sp³-hybridized carbons (Fsp3) is 0.396. The van der Waals surface area contributed by atoms with E-state index in [0.717, 1.165) is 42.9 Å². The van der Waals surface area contributed by atoms with E-state index in [1.165, 1.54) is 94.9 Å². The van der Waals surface area contributed by atoms with E-state index < -0.39 is 35.8 Å². The number of nitrogens with zero attached hydrogens (tertiary/aromatic N) is 6. The third kappa shape index (κ3) is 30.2. The minimum Gasteiger partial charge on any atom is -0.793 e. The first-order valence-electron chi connectivity index (χ1n) is 24.0. The van der Waals surface area contributed by atoms with Gasteiger partial charge in [-0.3, -0.25) is 29.3 Å². The van der Waals surface area contributed by atoms with E-state index in [1.54, 1.807) is 37.6 Å². The number of likely N-dealkylation sites (tertiary alicyclic amines) is 1. The first kappa shape index (κ1) is 70.4. The number of carbonyl (C=O) groups excluding carboxylic acids is 6. The van der Waals surface area contributed by atoms with Gasteiger partial charge >= 0.3 is 47.6 Å². The summed E-state index contributed by atoms with van der Waals surface area (Å²) in [4.78, 5) is 90.8. The van der Waals surface area contributed by atoms with Crippen LogP contribution in [-0.4, -0.2) is 106 Å². The Morgan fingerprint density at radius 3 is 1.45 bits per heavy atom. The Kier molecular flexibility index (Phi) is 38.5. The summed E-state index contributed by atoms with van der Waals surface area (Å²) in [7, 11) is 4.32. The van der Waals surface area contributed by atoms with E-state index >= 15 is 0 Å². The van der Waals surface area contributed by atoms with E-state index in [4.69, 9.17) is 11.5 Å². The van der Waals surface area contributed by atoms with Crippen LogP contribution in [-0.2, 0) is 40.1 Å². The number of piperidine rings is 2. The zero-order valence-electron chi connectivity index (χ0n) is 45.1. The number of anilines is 2. The Morgan fingerprint density at radius 2 is 1.11 bits per heavy atom. The molecule has 7 heterocycles.